The molecule has 1 aromatic heterocycles. The van der Waals surface area contributed by atoms with Crippen LogP contribution in [0.4, 0.5) is 22.7 Å². The number of rotatable bonds is 3. The van der Waals surface area contributed by atoms with Crippen LogP contribution < -0.4 is 9.80 Å². The van der Waals surface area contributed by atoms with E-state index in [0.717, 1.165) is 12.8 Å². The van der Waals surface area contributed by atoms with E-state index in [4.69, 9.17) is 0 Å². The Balaban J connectivity index is 1.16. The highest BCUT2D eigenvalue weighted by Gasteiger charge is 2.46. The molecule has 226 valence electrons. The van der Waals surface area contributed by atoms with Crippen molar-refractivity contribution in [3.63, 3.8) is 0 Å². The minimum atomic E-state index is -0.0761. The number of benzene rings is 5. The van der Waals surface area contributed by atoms with E-state index in [-0.39, 0.29) is 10.8 Å². The van der Waals surface area contributed by atoms with E-state index in [1.165, 1.54) is 76.6 Å². The minimum Gasteiger partial charge on any atom is -0.313 e. The molecule has 2 unspecified atom stereocenters. The lowest BCUT2D eigenvalue weighted by atomic mass is 9.76. The molecule has 2 aliphatic carbocycles. The Labute approximate surface area is 279 Å². The fourth-order valence-corrected chi connectivity index (χ4v) is 9.86. The zero-order valence-corrected chi connectivity index (χ0v) is 27.4. The normalized spacial score (nSPS) is 22.3. The predicted molar refractivity (Wildman–Crippen MR) is 200 cm³/mol. The summed E-state index contributed by atoms with van der Waals surface area (Å²) in [5.74, 6) is 0. The lowest BCUT2D eigenvalue weighted by Gasteiger charge is -2.31. The van der Waals surface area contributed by atoms with E-state index in [1.807, 2.05) is 11.3 Å². The summed E-state index contributed by atoms with van der Waals surface area (Å²) in [7, 11) is 0. The van der Waals surface area contributed by atoms with Crippen LogP contribution in [-0.4, -0.2) is 0 Å². The summed E-state index contributed by atoms with van der Waals surface area (Å²) in [5, 5.41) is 2.67. The molecule has 2 atom stereocenters. The largest absolute Gasteiger partial charge is 0.313 e. The maximum absolute atomic E-state index is 2.57. The highest BCUT2D eigenvalue weighted by atomic mass is 32.1. The molecule has 0 saturated carbocycles. The molecule has 47 heavy (non-hydrogen) atoms. The summed E-state index contributed by atoms with van der Waals surface area (Å²) in [4.78, 5) is 5.05. The van der Waals surface area contributed by atoms with Gasteiger partial charge in [0.1, 0.15) is 0 Å². The van der Waals surface area contributed by atoms with Crippen LogP contribution in [0.25, 0.3) is 31.3 Å². The van der Waals surface area contributed by atoms with Gasteiger partial charge >= 0.3 is 0 Å². The number of fused-ring (bicyclic) bond motifs is 9. The minimum absolute atomic E-state index is 0.0418. The first-order chi connectivity index (χ1) is 23.0. The van der Waals surface area contributed by atoms with Crippen LogP contribution in [-0.2, 0) is 10.8 Å². The van der Waals surface area contributed by atoms with Crippen molar-refractivity contribution < 1.29 is 0 Å². The molecule has 0 amide bonds. The molecular weight excluding hydrogens is 589 g/mol. The molecule has 0 N–H and O–H groups in total. The van der Waals surface area contributed by atoms with Crippen LogP contribution in [0.5, 0.6) is 0 Å². The summed E-state index contributed by atoms with van der Waals surface area (Å²) in [5.41, 5.74) is 12.9. The van der Waals surface area contributed by atoms with Crippen molar-refractivity contribution in [2.24, 2.45) is 0 Å². The molecule has 2 aliphatic heterocycles. The summed E-state index contributed by atoms with van der Waals surface area (Å²) in [6, 6.07) is 40.9. The first kappa shape index (κ1) is 27.0. The Kier molecular flexibility index (Phi) is 5.58. The average Bonchev–Trinajstić information content (AvgIpc) is 3.71. The van der Waals surface area contributed by atoms with Crippen LogP contribution >= 0.6 is 11.3 Å². The second-order valence-electron chi connectivity index (χ2n) is 13.8. The Morgan fingerprint density at radius 2 is 1.15 bits per heavy atom. The number of nitrogens with zero attached hydrogens (tertiary/aromatic N) is 2. The lowest BCUT2D eigenvalue weighted by molar-refractivity contribution is 0.577. The molecule has 4 aliphatic rings. The van der Waals surface area contributed by atoms with Gasteiger partial charge in [-0.2, -0.15) is 0 Å². The molecule has 3 heterocycles. The van der Waals surface area contributed by atoms with Crippen molar-refractivity contribution in [3.05, 3.63) is 168 Å². The van der Waals surface area contributed by atoms with Crippen LogP contribution in [0.15, 0.2) is 157 Å². The number of allylic oxidation sites excluding steroid dienone is 8. The fourth-order valence-electron chi connectivity index (χ4n) is 8.65. The molecule has 0 radical (unpaired) electrons. The van der Waals surface area contributed by atoms with Crippen molar-refractivity contribution in [1.29, 1.82) is 0 Å². The molecule has 0 saturated heterocycles. The summed E-state index contributed by atoms with van der Waals surface area (Å²) >= 11 is 1.91. The molecular formula is C44H34N2S. The van der Waals surface area contributed by atoms with Crippen molar-refractivity contribution >= 4 is 54.3 Å². The van der Waals surface area contributed by atoms with E-state index < -0.39 is 0 Å². The molecule has 2 nitrogen and oxygen atoms in total. The molecule has 5 aromatic carbocycles. The van der Waals surface area contributed by atoms with Gasteiger partial charge in [-0.05, 0) is 97.5 Å². The zero-order chi connectivity index (χ0) is 31.3. The zero-order valence-electron chi connectivity index (χ0n) is 26.6. The van der Waals surface area contributed by atoms with Crippen molar-refractivity contribution in [2.45, 2.75) is 37.5 Å². The first-order valence-corrected chi connectivity index (χ1v) is 17.5. The van der Waals surface area contributed by atoms with Crippen LogP contribution in [0.1, 0.15) is 37.8 Å². The van der Waals surface area contributed by atoms with Gasteiger partial charge in [0.2, 0.25) is 0 Å². The first-order valence-electron chi connectivity index (χ1n) is 16.6. The van der Waals surface area contributed by atoms with Gasteiger partial charge in [0.05, 0.1) is 21.8 Å². The quantitative estimate of drug-likeness (QED) is 0.194. The van der Waals surface area contributed by atoms with Gasteiger partial charge < -0.3 is 9.80 Å². The molecule has 0 spiro atoms. The fraction of sp³-hybridized carbons (Fsp3) is 0.136. The maximum Gasteiger partial charge on any atom is 0.0637 e. The van der Waals surface area contributed by atoms with E-state index in [2.05, 4.69) is 169 Å². The Morgan fingerprint density at radius 3 is 1.85 bits per heavy atom. The van der Waals surface area contributed by atoms with E-state index in [0.29, 0.717) is 0 Å². The van der Waals surface area contributed by atoms with Crippen molar-refractivity contribution in [2.75, 3.05) is 9.80 Å². The van der Waals surface area contributed by atoms with Gasteiger partial charge in [-0.3, -0.25) is 0 Å². The van der Waals surface area contributed by atoms with Gasteiger partial charge in [-0.15, -0.1) is 11.3 Å². The number of para-hydroxylation sites is 1. The predicted octanol–water partition coefficient (Wildman–Crippen LogP) is 12.2. The Morgan fingerprint density at radius 1 is 0.553 bits per heavy atom. The number of hydrogen-bond acceptors (Lipinski definition) is 3. The third kappa shape index (κ3) is 3.66. The highest BCUT2D eigenvalue weighted by molar-refractivity contribution is 7.26. The van der Waals surface area contributed by atoms with Gasteiger partial charge in [0, 0.05) is 43.4 Å². The number of thiophene rings is 1. The molecule has 3 heteroatoms. The molecule has 0 fully saturated rings. The maximum atomic E-state index is 2.57. The summed E-state index contributed by atoms with van der Waals surface area (Å²) < 4.78 is 2.68. The smallest absolute Gasteiger partial charge is 0.0637 e. The average molecular weight is 623 g/mol. The van der Waals surface area contributed by atoms with Crippen LogP contribution in [0, 0.1) is 0 Å². The Bertz CT molecular complexity index is 2410. The lowest BCUT2D eigenvalue weighted by Crippen LogP contribution is -2.26. The second-order valence-corrected chi connectivity index (χ2v) is 14.8. The second kappa shape index (κ2) is 9.70. The third-order valence-corrected chi connectivity index (χ3v) is 12.3. The van der Waals surface area contributed by atoms with E-state index >= 15 is 0 Å². The van der Waals surface area contributed by atoms with E-state index in [9.17, 15) is 0 Å². The summed E-state index contributed by atoms with van der Waals surface area (Å²) in [6.07, 6.45) is 15.7. The van der Waals surface area contributed by atoms with Gasteiger partial charge in [-0.25, -0.2) is 0 Å². The monoisotopic (exact) mass is 622 g/mol. The van der Waals surface area contributed by atoms with Crippen molar-refractivity contribution in [3.8, 4) is 11.1 Å². The SMILES string of the molecule is CC12CC=CC=C1N(c1ccccc1)c1cc(-c3ccc4c(c3)N(c3cccc5c3sc3ccccc35)C3=CC=CCC34C)ccc12. The van der Waals surface area contributed by atoms with Gasteiger partial charge in [0.25, 0.3) is 0 Å². The number of anilines is 4. The summed E-state index contributed by atoms with van der Waals surface area (Å²) in [6.45, 7) is 4.82. The molecule has 6 aromatic rings. The van der Waals surface area contributed by atoms with Gasteiger partial charge in [-0.1, -0.05) is 97.1 Å². The highest BCUT2D eigenvalue weighted by Crippen LogP contribution is 2.58. The van der Waals surface area contributed by atoms with E-state index in [1.54, 1.807) is 0 Å². The standard InChI is InChI=1S/C44H34N2S/c1-43-25-10-8-19-40(43)45(31-13-4-3-5-14-31)37-27-29(21-23-34(37)43)30-22-24-35-38(28-30)46(41-20-9-11-26-44(35,41)2)36-17-12-16-33-32-15-6-7-18-39(32)47-42(33)36/h3-24,27-28H,25-26H2,1-2H3. The Hall–Kier alpha value is -5.12. The third-order valence-electron chi connectivity index (χ3n) is 11.1. The molecule has 0 bridgehead atoms. The topological polar surface area (TPSA) is 6.48 Å². The van der Waals surface area contributed by atoms with Crippen molar-refractivity contribution in [1.82, 2.24) is 0 Å². The van der Waals surface area contributed by atoms with Crippen LogP contribution in [0.2, 0.25) is 0 Å². The van der Waals surface area contributed by atoms with Crippen LogP contribution in [0.3, 0.4) is 0 Å². The molecule has 10 rings (SSSR count). The van der Waals surface area contributed by atoms with Gasteiger partial charge in [0.15, 0.2) is 0 Å². The number of hydrogen-bond donors (Lipinski definition) is 0.